The summed E-state index contributed by atoms with van der Waals surface area (Å²) in [6.45, 7) is 3.09. The van der Waals surface area contributed by atoms with Gasteiger partial charge >= 0.3 is 0 Å². The number of nitrogens with zero attached hydrogens (tertiary/aromatic N) is 2. The quantitative estimate of drug-likeness (QED) is 0.685. The molecule has 0 aliphatic heterocycles. The van der Waals surface area contributed by atoms with Gasteiger partial charge in [0, 0.05) is 19.8 Å². The number of hydrogen-bond acceptors (Lipinski definition) is 1. The van der Waals surface area contributed by atoms with Gasteiger partial charge in [-0.3, -0.25) is 4.99 Å². The van der Waals surface area contributed by atoms with Crippen molar-refractivity contribution >= 4 is 22.6 Å². The highest BCUT2D eigenvalue weighted by Gasteiger charge is 1.92. The van der Waals surface area contributed by atoms with Gasteiger partial charge < -0.3 is 4.57 Å². The molecule has 0 amide bonds. The van der Waals surface area contributed by atoms with Gasteiger partial charge in [-0.25, -0.2) is 0 Å². The Balaban J connectivity index is 3.38. The number of pyridine rings is 1. The van der Waals surface area contributed by atoms with Crippen LogP contribution in [0.4, 0.5) is 0 Å². The van der Waals surface area contributed by atoms with E-state index in [9.17, 15) is 0 Å². The van der Waals surface area contributed by atoms with Crippen molar-refractivity contribution in [2.24, 2.45) is 4.99 Å². The fraction of sp³-hybridized carbons (Fsp3) is 0.375. The molecule has 1 aromatic rings. The van der Waals surface area contributed by atoms with Crippen LogP contribution in [0.1, 0.15) is 6.92 Å². The van der Waals surface area contributed by atoms with Gasteiger partial charge in [0.1, 0.15) is 5.49 Å². The molecule has 1 heterocycles. The third kappa shape index (κ3) is 1.83. The second-order valence-corrected chi connectivity index (χ2v) is 3.35. The minimum absolute atomic E-state index is 0.976. The van der Waals surface area contributed by atoms with Crippen molar-refractivity contribution in [3.05, 3.63) is 27.4 Å². The van der Waals surface area contributed by atoms with E-state index in [2.05, 4.69) is 45.1 Å². The Labute approximate surface area is 80.1 Å². The van der Waals surface area contributed by atoms with E-state index in [0.29, 0.717) is 0 Å². The topological polar surface area (TPSA) is 17.3 Å². The van der Waals surface area contributed by atoms with E-state index in [0.717, 1.165) is 12.0 Å². The average molecular weight is 262 g/mol. The second-order valence-electron chi connectivity index (χ2n) is 2.19. The molecule has 0 spiro atoms. The lowest BCUT2D eigenvalue weighted by molar-refractivity contribution is 0.704. The molecule has 60 valence electrons. The molecule has 0 bridgehead atoms. The van der Waals surface area contributed by atoms with Crippen LogP contribution < -0.4 is 5.49 Å². The highest BCUT2D eigenvalue weighted by atomic mass is 127. The van der Waals surface area contributed by atoms with Gasteiger partial charge in [0.05, 0.1) is 3.57 Å². The highest BCUT2D eigenvalue weighted by molar-refractivity contribution is 14.1. The lowest BCUT2D eigenvalue weighted by Gasteiger charge is -2.03. The van der Waals surface area contributed by atoms with Crippen molar-refractivity contribution in [1.82, 2.24) is 4.57 Å². The first-order valence-corrected chi connectivity index (χ1v) is 4.65. The number of aromatic nitrogens is 1. The molecule has 0 fully saturated rings. The maximum atomic E-state index is 4.20. The van der Waals surface area contributed by atoms with Crippen molar-refractivity contribution in [2.45, 2.75) is 13.5 Å². The molecular formula is C8H11IN2. The Morgan fingerprint density at radius 3 is 2.82 bits per heavy atom. The zero-order chi connectivity index (χ0) is 8.27. The normalized spacial score (nSPS) is 12.1. The predicted octanol–water partition coefficient (Wildman–Crippen LogP) is 1.64. The molecule has 3 heteroatoms. The van der Waals surface area contributed by atoms with E-state index in [1.807, 2.05) is 19.3 Å². The SMILES string of the molecule is CCn1cccc(I)c1=NC. The lowest BCUT2D eigenvalue weighted by Crippen LogP contribution is -2.21. The van der Waals surface area contributed by atoms with E-state index in [4.69, 9.17) is 0 Å². The molecule has 0 unspecified atom stereocenters. The third-order valence-electron chi connectivity index (χ3n) is 1.55. The molecule has 0 saturated heterocycles. The van der Waals surface area contributed by atoms with E-state index in [1.165, 1.54) is 3.57 Å². The predicted molar refractivity (Wildman–Crippen MR) is 54.3 cm³/mol. The number of hydrogen-bond donors (Lipinski definition) is 0. The van der Waals surface area contributed by atoms with Crippen molar-refractivity contribution in [3.8, 4) is 0 Å². The smallest absolute Gasteiger partial charge is 0.140 e. The minimum Gasteiger partial charge on any atom is -0.333 e. The van der Waals surface area contributed by atoms with Crippen LogP contribution in [-0.4, -0.2) is 11.6 Å². The molecular weight excluding hydrogens is 251 g/mol. The molecule has 0 aromatic carbocycles. The fourth-order valence-electron chi connectivity index (χ4n) is 1.00. The summed E-state index contributed by atoms with van der Waals surface area (Å²) in [5, 5.41) is 0. The summed E-state index contributed by atoms with van der Waals surface area (Å²) in [4.78, 5) is 4.20. The Morgan fingerprint density at radius 2 is 2.36 bits per heavy atom. The Kier molecular flexibility index (Phi) is 3.11. The van der Waals surface area contributed by atoms with Gasteiger partial charge in [-0.1, -0.05) is 0 Å². The fourth-order valence-corrected chi connectivity index (χ4v) is 1.76. The monoisotopic (exact) mass is 262 g/mol. The van der Waals surface area contributed by atoms with Crippen molar-refractivity contribution < 1.29 is 0 Å². The van der Waals surface area contributed by atoms with Gasteiger partial charge in [0.15, 0.2) is 0 Å². The van der Waals surface area contributed by atoms with Crippen LogP contribution in [0.5, 0.6) is 0 Å². The first-order valence-electron chi connectivity index (χ1n) is 3.57. The molecule has 0 atom stereocenters. The molecule has 1 aromatic heterocycles. The van der Waals surface area contributed by atoms with Gasteiger partial charge in [-0.15, -0.1) is 0 Å². The minimum atomic E-state index is 0.976. The van der Waals surface area contributed by atoms with Crippen molar-refractivity contribution in [3.63, 3.8) is 0 Å². The summed E-state index contributed by atoms with van der Waals surface area (Å²) in [6.07, 6.45) is 2.05. The molecule has 0 aliphatic carbocycles. The Hall–Kier alpha value is -0.320. The molecule has 0 N–H and O–H groups in total. The Morgan fingerprint density at radius 1 is 1.64 bits per heavy atom. The van der Waals surface area contributed by atoms with Crippen LogP contribution in [0.25, 0.3) is 0 Å². The average Bonchev–Trinajstić information content (AvgIpc) is 2.04. The van der Waals surface area contributed by atoms with Gasteiger partial charge in [0.25, 0.3) is 0 Å². The summed E-state index contributed by atoms with van der Waals surface area (Å²) in [6, 6.07) is 4.11. The van der Waals surface area contributed by atoms with E-state index in [1.54, 1.807) is 0 Å². The van der Waals surface area contributed by atoms with Gasteiger partial charge in [-0.05, 0) is 41.6 Å². The first kappa shape index (κ1) is 8.77. The zero-order valence-corrected chi connectivity index (χ0v) is 8.87. The van der Waals surface area contributed by atoms with Crippen LogP contribution in [0.3, 0.4) is 0 Å². The van der Waals surface area contributed by atoms with Crippen LogP contribution in [0, 0.1) is 3.57 Å². The van der Waals surface area contributed by atoms with E-state index >= 15 is 0 Å². The molecule has 11 heavy (non-hydrogen) atoms. The lowest BCUT2D eigenvalue weighted by atomic mass is 10.4. The summed E-state index contributed by atoms with van der Waals surface area (Å²) >= 11 is 2.29. The largest absolute Gasteiger partial charge is 0.333 e. The van der Waals surface area contributed by atoms with E-state index in [-0.39, 0.29) is 0 Å². The molecule has 2 nitrogen and oxygen atoms in total. The zero-order valence-electron chi connectivity index (χ0n) is 6.71. The third-order valence-corrected chi connectivity index (χ3v) is 2.39. The van der Waals surface area contributed by atoms with Crippen molar-refractivity contribution in [2.75, 3.05) is 7.05 Å². The number of halogens is 1. The maximum absolute atomic E-state index is 4.20. The van der Waals surface area contributed by atoms with Crippen LogP contribution >= 0.6 is 22.6 Å². The molecule has 0 saturated carbocycles. The maximum Gasteiger partial charge on any atom is 0.140 e. The van der Waals surface area contributed by atoms with E-state index < -0.39 is 0 Å². The van der Waals surface area contributed by atoms with Crippen molar-refractivity contribution in [1.29, 1.82) is 0 Å². The Bertz CT molecular complexity index is 301. The second kappa shape index (κ2) is 3.90. The van der Waals surface area contributed by atoms with Crippen LogP contribution in [0.15, 0.2) is 23.3 Å². The summed E-state index contributed by atoms with van der Waals surface area (Å²) in [5.41, 5.74) is 1.07. The highest BCUT2D eigenvalue weighted by Crippen LogP contribution is 1.95. The van der Waals surface area contributed by atoms with Gasteiger partial charge in [0.2, 0.25) is 0 Å². The van der Waals surface area contributed by atoms with Crippen LogP contribution in [-0.2, 0) is 6.54 Å². The first-order chi connectivity index (χ1) is 5.29. The number of aryl methyl sites for hydroxylation is 1. The molecule has 1 rings (SSSR count). The summed E-state index contributed by atoms with van der Waals surface area (Å²) in [7, 11) is 1.82. The summed E-state index contributed by atoms with van der Waals surface area (Å²) in [5.74, 6) is 0. The summed E-state index contributed by atoms with van der Waals surface area (Å²) < 4.78 is 3.33. The van der Waals surface area contributed by atoms with Gasteiger partial charge in [-0.2, -0.15) is 0 Å². The standard InChI is InChI=1S/C8H11IN2/c1-3-11-6-4-5-7(9)8(11)10-2/h4-6H,3H2,1-2H3. The number of rotatable bonds is 1. The van der Waals surface area contributed by atoms with Crippen LogP contribution in [0.2, 0.25) is 0 Å². The molecule has 0 radical (unpaired) electrons. The molecule has 0 aliphatic rings.